The number of aliphatic hydroxyl groups excluding tert-OH is 2. The third-order valence-corrected chi connectivity index (χ3v) is 4.86. The van der Waals surface area contributed by atoms with Gasteiger partial charge in [-0.1, -0.05) is 29.8 Å². The van der Waals surface area contributed by atoms with Gasteiger partial charge in [-0.15, -0.1) is 13.2 Å². The Balaban J connectivity index is 2.71. The van der Waals surface area contributed by atoms with Gasteiger partial charge in [0.05, 0.1) is 0 Å². The number of carbonyl (C=O) groups excluding carboxylic acids is 2. The van der Waals surface area contributed by atoms with Crippen molar-refractivity contribution in [2.45, 2.75) is 19.3 Å². The van der Waals surface area contributed by atoms with Crippen LogP contribution in [0.5, 0.6) is 5.75 Å². The van der Waals surface area contributed by atoms with E-state index >= 15 is 0 Å². The molecule has 0 aliphatic carbocycles. The van der Waals surface area contributed by atoms with E-state index in [1.54, 1.807) is 24.3 Å². The van der Waals surface area contributed by atoms with Gasteiger partial charge in [-0.25, -0.2) is 5.84 Å². The normalized spacial score (nSPS) is 11.9. The number of aliphatic hydroxyl groups is 2. The summed E-state index contributed by atoms with van der Waals surface area (Å²) >= 11 is 5.95. The number of benzene rings is 2. The van der Waals surface area contributed by atoms with Crippen molar-refractivity contribution in [1.29, 1.82) is 0 Å². The average Bonchev–Trinajstić information content (AvgIpc) is 2.82. The number of hydrazine groups is 1. The number of anilines is 1. The van der Waals surface area contributed by atoms with Crippen molar-refractivity contribution < 1.29 is 37.7 Å². The Morgan fingerprint density at radius 3 is 2.44 bits per heavy atom. The molecule has 10 nitrogen and oxygen atoms in total. The Morgan fingerprint density at radius 2 is 1.86 bits per heavy atom. The number of nitrogens with one attached hydrogen (secondary N) is 2. The molecular weight excluding hydrogens is 507 g/mol. The fraction of sp³-hybridized carbons (Fsp3) is 0.273. The predicted molar refractivity (Wildman–Crippen MR) is 125 cm³/mol. The van der Waals surface area contributed by atoms with Crippen LogP contribution in [0.3, 0.4) is 0 Å². The van der Waals surface area contributed by atoms with Crippen LogP contribution in [-0.4, -0.2) is 53.8 Å². The number of nitrogens with zero attached hydrogens (tertiary/aromatic N) is 2. The first-order chi connectivity index (χ1) is 17.1. The number of alkyl halides is 3. The van der Waals surface area contributed by atoms with Crippen molar-refractivity contribution in [3.05, 3.63) is 70.6 Å². The van der Waals surface area contributed by atoms with Crippen LogP contribution < -0.4 is 26.1 Å². The van der Waals surface area contributed by atoms with Crippen LogP contribution in [0.15, 0.2) is 60.0 Å². The molecule has 0 aliphatic rings. The first-order valence-electron chi connectivity index (χ1n) is 10.4. The second-order valence-corrected chi connectivity index (χ2v) is 7.59. The van der Waals surface area contributed by atoms with Crippen LogP contribution >= 0.6 is 11.6 Å². The van der Waals surface area contributed by atoms with Crippen molar-refractivity contribution in [1.82, 2.24) is 15.6 Å². The van der Waals surface area contributed by atoms with Crippen LogP contribution in [0.1, 0.15) is 12.0 Å². The molecule has 0 saturated carbocycles. The van der Waals surface area contributed by atoms with Gasteiger partial charge in [0.25, 0.3) is 5.91 Å². The summed E-state index contributed by atoms with van der Waals surface area (Å²) in [5, 5.41) is 24.5. The lowest BCUT2D eigenvalue weighted by molar-refractivity contribution is -0.274. The molecule has 0 radical (unpaired) electrons. The highest BCUT2D eigenvalue weighted by molar-refractivity contribution is 6.30. The maximum Gasteiger partial charge on any atom is 0.573 e. The smallest absolute Gasteiger partial charge is 0.406 e. The second kappa shape index (κ2) is 13.5. The van der Waals surface area contributed by atoms with E-state index in [0.29, 0.717) is 10.6 Å². The summed E-state index contributed by atoms with van der Waals surface area (Å²) in [4.78, 5) is 26.0. The van der Waals surface area contributed by atoms with Crippen molar-refractivity contribution in [2.75, 3.05) is 24.8 Å². The molecule has 0 heterocycles. The van der Waals surface area contributed by atoms with Gasteiger partial charge < -0.3 is 30.5 Å². The number of nitrogens with two attached hydrogens (primary N) is 1. The van der Waals surface area contributed by atoms with Crippen LogP contribution in [-0.2, 0) is 16.1 Å². The van der Waals surface area contributed by atoms with Gasteiger partial charge in [0.1, 0.15) is 24.0 Å². The van der Waals surface area contributed by atoms with E-state index in [9.17, 15) is 27.9 Å². The monoisotopic (exact) mass is 531 g/mol. The minimum absolute atomic E-state index is 0.0653. The zero-order valence-corrected chi connectivity index (χ0v) is 19.6. The van der Waals surface area contributed by atoms with E-state index in [1.165, 1.54) is 17.0 Å². The quantitative estimate of drug-likeness (QED) is 0.0658. The number of hydrogen-bond donors (Lipinski definition) is 5. The number of halogens is 4. The molecule has 0 atom stereocenters. The van der Waals surface area contributed by atoms with E-state index in [1.807, 2.05) is 0 Å². The number of amides is 2. The molecule has 2 amide bonds. The molecule has 0 aromatic heterocycles. The Bertz CT molecular complexity index is 1050. The van der Waals surface area contributed by atoms with E-state index in [0.717, 1.165) is 17.1 Å². The molecule has 6 N–H and O–H groups in total. The van der Waals surface area contributed by atoms with Crippen LogP contribution in [0.25, 0.3) is 0 Å². The Morgan fingerprint density at radius 1 is 1.17 bits per heavy atom. The van der Waals surface area contributed by atoms with Crippen molar-refractivity contribution in [2.24, 2.45) is 5.84 Å². The predicted octanol–water partition coefficient (Wildman–Crippen LogP) is 1.78. The molecule has 0 aliphatic heterocycles. The van der Waals surface area contributed by atoms with E-state index in [-0.39, 0.29) is 49.7 Å². The largest absolute Gasteiger partial charge is 0.573 e. The standard InChI is InChI=1S/C22H25ClF3N5O5/c23-16-7-5-15(6-8-16)12-30(17-3-1-4-18(11-17)36-22(24,25)26)19(20(28-13-33)29-14-34)21(35)31(27)9-2-10-32/h1,3-8,11,13,29,32,34H,2,9-10,12,14,27H2,(H,28,33)/b20-19-. The fourth-order valence-corrected chi connectivity index (χ4v) is 3.22. The SMILES string of the molecule is NN(CCCO)C(=O)/C(=C(\NC=O)NCO)N(Cc1ccc(Cl)cc1)c1cccc(OC(F)(F)F)c1. The highest BCUT2D eigenvalue weighted by Crippen LogP contribution is 2.31. The lowest BCUT2D eigenvalue weighted by Crippen LogP contribution is -2.46. The Hall–Kier alpha value is -3.52. The minimum Gasteiger partial charge on any atom is -0.406 e. The average molecular weight is 532 g/mol. The van der Waals surface area contributed by atoms with E-state index in [4.69, 9.17) is 22.6 Å². The topological polar surface area (TPSA) is 140 Å². The lowest BCUT2D eigenvalue weighted by atomic mass is 10.1. The zero-order chi connectivity index (χ0) is 26.7. The Labute approximate surface area is 209 Å². The summed E-state index contributed by atoms with van der Waals surface area (Å²) in [6.07, 6.45) is -4.59. The van der Waals surface area contributed by atoms with Gasteiger partial charge in [0.2, 0.25) is 6.41 Å². The molecule has 0 saturated heterocycles. The minimum atomic E-state index is -4.96. The summed E-state index contributed by atoms with van der Waals surface area (Å²) < 4.78 is 42.6. The van der Waals surface area contributed by atoms with Gasteiger partial charge in [-0.2, -0.15) is 0 Å². The third-order valence-electron chi connectivity index (χ3n) is 4.60. The number of rotatable bonds is 13. The number of ether oxygens (including phenoxy) is 1. The first-order valence-corrected chi connectivity index (χ1v) is 10.8. The molecule has 2 aromatic rings. The first kappa shape index (κ1) is 28.7. The van der Waals surface area contributed by atoms with E-state index < -0.39 is 24.7 Å². The second-order valence-electron chi connectivity index (χ2n) is 7.15. The fourth-order valence-electron chi connectivity index (χ4n) is 3.10. The lowest BCUT2D eigenvalue weighted by Gasteiger charge is -2.31. The summed E-state index contributed by atoms with van der Waals surface area (Å²) in [6, 6.07) is 11.2. The summed E-state index contributed by atoms with van der Waals surface area (Å²) in [5.41, 5.74) is 0.339. The molecule has 0 bridgehead atoms. The molecule has 0 spiro atoms. The van der Waals surface area contributed by atoms with Crippen LogP contribution in [0, 0.1) is 0 Å². The van der Waals surface area contributed by atoms with Gasteiger partial charge in [-0.05, 0) is 36.2 Å². The van der Waals surface area contributed by atoms with Gasteiger partial charge in [-0.3, -0.25) is 14.6 Å². The van der Waals surface area contributed by atoms with Crippen molar-refractivity contribution in [3.63, 3.8) is 0 Å². The van der Waals surface area contributed by atoms with Gasteiger partial charge >= 0.3 is 6.36 Å². The molecule has 2 rings (SSSR count). The molecule has 14 heteroatoms. The summed E-state index contributed by atoms with van der Waals surface area (Å²) in [6.45, 7) is -1.16. The molecule has 2 aromatic carbocycles. The summed E-state index contributed by atoms with van der Waals surface area (Å²) in [7, 11) is 0. The summed E-state index contributed by atoms with van der Waals surface area (Å²) in [5.74, 6) is 4.19. The maximum atomic E-state index is 13.4. The zero-order valence-electron chi connectivity index (χ0n) is 18.8. The van der Waals surface area contributed by atoms with Crippen LogP contribution in [0.4, 0.5) is 18.9 Å². The highest BCUT2D eigenvalue weighted by atomic mass is 35.5. The molecule has 36 heavy (non-hydrogen) atoms. The molecular formula is C22H25ClF3N5O5. The highest BCUT2D eigenvalue weighted by Gasteiger charge is 2.32. The number of carbonyl (C=O) groups is 2. The van der Waals surface area contributed by atoms with Crippen LogP contribution in [0.2, 0.25) is 5.02 Å². The maximum absolute atomic E-state index is 13.4. The number of hydrogen-bond acceptors (Lipinski definition) is 8. The van der Waals surface area contributed by atoms with Gasteiger partial charge in [0, 0.05) is 36.5 Å². The van der Waals surface area contributed by atoms with Crippen molar-refractivity contribution >= 4 is 29.6 Å². The molecule has 0 unspecified atom stereocenters. The third kappa shape index (κ3) is 8.61. The Kier molecular flexibility index (Phi) is 10.8. The van der Waals surface area contributed by atoms with Crippen molar-refractivity contribution in [3.8, 4) is 5.75 Å². The molecule has 0 fully saturated rings. The van der Waals surface area contributed by atoms with Gasteiger partial charge in [0.15, 0.2) is 0 Å². The molecule has 196 valence electrons. The van der Waals surface area contributed by atoms with E-state index in [2.05, 4.69) is 15.4 Å².